The van der Waals surface area contributed by atoms with Gasteiger partial charge in [0, 0.05) is 37.9 Å². The third-order valence-corrected chi connectivity index (χ3v) is 3.81. The third kappa shape index (κ3) is 3.33. The van der Waals surface area contributed by atoms with Gasteiger partial charge in [-0.3, -0.25) is 15.0 Å². The Kier molecular flexibility index (Phi) is 5.05. The quantitative estimate of drug-likeness (QED) is 0.655. The molecule has 1 aliphatic rings. The first-order valence-corrected chi connectivity index (χ1v) is 6.86. The molecule has 1 fully saturated rings. The lowest BCUT2D eigenvalue weighted by atomic mass is 9.91. The SMILES string of the molecule is COCCN1CCCC(N)C1c1ccc([N+](=O)[O-])cc1. The summed E-state index contributed by atoms with van der Waals surface area (Å²) in [5.41, 5.74) is 7.41. The van der Waals surface area contributed by atoms with Crippen molar-refractivity contribution in [2.75, 3.05) is 26.8 Å². The van der Waals surface area contributed by atoms with Crippen LogP contribution in [0, 0.1) is 10.1 Å². The first kappa shape index (κ1) is 14.9. The fourth-order valence-corrected chi connectivity index (χ4v) is 2.81. The van der Waals surface area contributed by atoms with Gasteiger partial charge in [0.05, 0.1) is 11.5 Å². The number of non-ortho nitro benzene ring substituents is 1. The van der Waals surface area contributed by atoms with Crippen LogP contribution >= 0.6 is 0 Å². The van der Waals surface area contributed by atoms with Crippen molar-refractivity contribution in [1.29, 1.82) is 0 Å². The summed E-state index contributed by atoms with van der Waals surface area (Å²) in [5, 5.41) is 10.7. The molecular formula is C14H21N3O3. The number of hydrogen-bond acceptors (Lipinski definition) is 5. The van der Waals surface area contributed by atoms with Crippen LogP contribution in [0.15, 0.2) is 24.3 Å². The number of rotatable bonds is 5. The van der Waals surface area contributed by atoms with Crippen LogP contribution < -0.4 is 5.73 Å². The van der Waals surface area contributed by atoms with Gasteiger partial charge in [0.15, 0.2) is 0 Å². The first-order valence-electron chi connectivity index (χ1n) is 6.86. The van der Waals surface area contributed by atoms with Gasteiger partial charge in [0.2, 0.25) is 0 Å². The highest BCUT2D eigenvalue weighted by Gasteiger charge is 2.30. The van der Waals surface area contributed by atoms with Crippen LogP contribution in [0.3, 0.4) is 0 Å². The molecule has 20 heavy (non-hydrogen) atoms. The van der Waals surface area contributed by atoms with Crippen LogP contribution in [0.4, 0.5) is 5.69 Å². The van der Waals surface area contributed by atoms with Crippen LogP contribution in [0.25, 0.3) is 0 Å². The molecule has 110 valence electrons. The van der Waals surface area contributed by atoms with Gasteiger partial charge in [-0.15, -0.1) is 0 Å². The van der Waals surface area contributed by atoms with E-state index in [4.69, 9.17) is 10.5 Å². The second-order valence-corrected chi connectivity index (χ2v) is 5.13. The summed E-state index contributed by atoms with van der Waals surface area (Å²) >= 11 is 0. The molecule has 6 heteroatoms. The van der Waals surface area contributed by atoms with E-state index in [0.717, 1.165) is 31.5 Å². The number of benzene rings is 1. The van der Waals surface area contributed by atoms with E-state index in [2.05, 4.69) is 4.90 Å². The summed E-state index contributed by atoms with van der Waals surface area (Å²) < 4.78 is 5.14. The Morgan fingerprint density at radius 2 is 2.15 bits per heavy atom. The summed E-state index contributed by atoms with van der Waals surface area (Å²) in [7, 11) is 1.69. The minimum absolute atomic E-state index is 0.0575. The molecule has 0 saturated carbocycles. The van der Waals surface area contributed by atoms with E-state index in [-0.39, 0.29) is 22.7 Å². The van der Waals surface area contributed by atoms with E-state index in [9.17, 15) is 10.1 Å². The molecule has 0 aliphatic carbocycles. The molecule has 1 heterocycles. The summed E-state index contributed by atoms with van der Waals surface area (Å²) in [6, 6.07) is 6.89. The summed E-state index contributed by atoms with van der Waals surface area (Å²) in [4.78, 5) is 12.6. The number of nitrogens with two attached hydrogens (primary N) is 1. The Hall–Kier alpha value is -1.50. The molecule has 2 atom stereocenters. The highest BCUT2D eigenvalue weighted by atomic mass is 16.6. The largest absolute Gasteiger partial charge is 0.383 e. The lowest BCUT2D eigenvalue weighted by Crippen LogP contribution is -2.46. The molecule has 1 aromatic carbocycles. The fraction of sp³-hybridized carbons (Fsp3) is 0.571. The number of ether oxygens (including phenoxy) is 1. The number of piperidine rings is 1. The van der Waals surface area contributed by atoms with Gasteiger partial charge < -0.3 is 10.5 Å². The first-order chi connectivity index (χ1) is 9.63. The average molecular weight is 279 g/mol. The lowest BCUT2D eigenvalue weighted by Gasteiger charge is -2.40. The van der Waals surface area contributed by atoms with Gasteiger partial charge in [-0.2, -0.15) is 0 Å². The predicted molar refractivity (Wildman–Crippen MR) is 76.5 cm³/mol. The van der Waals surface area contributed by atoms with Crippen LogP contribution in [0.1, 0.15) is 24.4 Å². The van der Waals surface area contributed by atoms with E-state index >= 15 is 0 Å². The average Bonchev–Trinajstić information content (AvgIpc) is 2.45. The predicted octanol–water partition coefficient (Wildman–Crippen LogP) is 1.71. The monoisotopic (exact) mass is 279 g/mol. The normalized spacial score (nSPS) is 23.7. The van der Waals surface area contributed by atoms with Gasteiger partial charge in [-0.25, -0.2) is 0 Å². The van der Waals surface area contributed by atoms with Crippen LogP contribution in [-0.4, -0.2) is 42.7 Å². The Balaban J connectivity index is 2.18. The van der Waals surface area contributed by atoms with E-state index in [1.54, 1.807) is 19.2 Å². The van der Waals surface area contributed by atoms with Crippen molar-refractivity contribution in [3.05, 3.63) is 39.9 Å². The van der Waals surface area contributed by atoms with E-state index < -0.39 is 0 Å². The van der Waals surface area contributed by atoms with Crippen LogP contribution in [0.5, 0.6) is 0 Å². The fourth-order valence-electron chi connectivity index (χ4n) is 2.81. The second-order valence-electron chi connectivity index (χ2n) is 5.13. The topological polar surface area (TPSA) is 81.6 Å². The lowest BCUT2D eigenvalue weighted by molar-refractivity contribution is -0.384. The van der Waals surface area contributed by atoms with Crippen molar-refractivity contribution in [1.82, 2.24) is 4.90 Å². The Labute approximate surface area is 118 Å². The van der Waals surface area contributed by atoms with Crippen LogP contribution in [0.2, 0.25) is 0 Å². The van der Waals surface area contributed by atoms with Crippen molar-refractivity contribution >= 4 is 5.69 Å². The van der Waals surface area contributed by atoms with Gasteiger partial charge >= 0.3 is 0 Å². The highest BCUT2D eigenvalue weighted by molar-refractivity contribution is 5.35. The van der Waals surface area contributed by atoms with Gasteiger partial charge in [-0.05, 0) is 24.9 Å². The van der Waals surface area contributed by atoms with Gasteiger partial charge in [0.1, 0.15) is 0 Å². The summed E-state index contributed by atoms with van der Waals surface area (Å²) in [6.45, 7) is 2.47. The number of nitrogens with zero attached hydrogens (tertiary/aromatic N) is 2. The molecule has 1 aromatic rings. The number of methoxy groups -OCH3 is 1. The molecule has 0 bridgehead atoms. The number of nitro benzene ring substituents is 1. The molecule has 0 aromatic heterocycles. The summed E-state index contributed by atoms with van der Waals surface area (Å²) in [5.74, 6) is 0. The molecule has 0 amide bonds. The van der Waals surface area contributed by atoms with Crippen molar-refractivity contribution in [3.63, 3.8) is 0 Å². The molecule has 1 aliphatic heterocycles. The third-order valence-electron chi connectivity index (χ3n) is 3.81. The maximum absolute atomic E-state index is 10.7. The molecule has 2 unspecified atom stereocenters. The van der Waals surface area contributed by atoms with Crippen LogP contribution in [-0.2, 0) is 4.74 Å². The molecule has 1 saturated heterocycles. The minimum atomic E-state index is -0.382. The summed E-state index contributed by atoms with van der Waals surface area (Å²) in [6.07, 6.45) is 2.06. The van der Waals surface area contributed by atoms with Crippen molar-refractivity contribution < 1.29 is 9.66 Å². The zero-order valence-corrected chi connectivity index (χ0v) is 11.7. The zero-order valence-electron chi connectivity index (χ0n) is 11.7. The molecule has 6 nitrogen and oxygen atoms in total. The van der Waals surface area contributed by atoms with Crippen molar-refractivity contribution in [3.8, 4) is 0 Å². The zero-order chi connectivity index (χ0) is 14.5. The van der Waals surface area contributed by atoms with E-state index in [1.165, 1.54) is 0 Å². The highest BCUT2D eigenvalue weighted by Crippen LogP contribution is 2.30. The maximum atomic E-state index is 10.7. The maximum Gasteiger partial charge on any atom is 0.269 e. The van der Waals surface area contributed by atoms with E-state index in [1.807, 2.05) is 12.1 Å². The Morgan fingerprint density at radius 3 is 2.75 bits per heavy atom. The van der Waals surface area contributed by atoms with E-state index in [0.29, 0.717) is 6.61 Å². The standard InChI is InChI=1S/C14H21N3O3/c1-20-10-9-16-8-2-3-13(15)14(16)11-4-6-12(7-5-11)17(18)19/h4-7,13-14H,2-3,8-10,15H2,1H3. The second kappa shape index (κ2) is 6.78. The van der Waals surface area contributed by atoms with Crippen molar-refractivity contribution in [2.24, 2.45) is 5.73 Å². The molecule has 2 rings (SSSR count). The number of hydrogen-bond donors (Lipinski definition) is 1. The smallest absolute Gasteiger partial charge is 0.269 e. The minimum Gasteiger partial charge on any atom is -0.383 e. The number of likely N-dealkylation sites (tertiary alicyclic amines) is 1. The van der Waals surface area contributed by atoms with Gasteiger partial charge in [0.25, 0.3) is 5.69 Å². The van der Waals surface area contributed by atoms with Gasteiger partial charge in [-0.1, -0.05) is 12.1 Å². The molecular weight excluding hydrogens is 258 g/mol. The Morgan fingerprint density at radius 1 is 1.45 bits per heavy atom. The number of nitro groups is 1. The molecule has 0 spiro atoms. The molecule has 0 radical (unpaired) electrons. The van der Waals surface area contributed by atoms with Crippen molar-refractivity contribution in [2.45, 2.75) is 24.9 Å². The Bertz CT molecular complexity index is 449. The molecule has 2 N–H and O–H groups in total.